The molecule has 1 aliphatic carbocycles. The Bertz CT molecular complexity index is 919. The molecule has 0 spiro atoms. The summed E-state index contributed by atoms with van der Waals surface area (Å²) in [5.41, 5.74) is 0.703. The maximum Gasteiger partial charge on any atom is 0.249 e. The minimum atomic E-state index is -0.209. The Morgan fingerprint density at radius 3 is 3.04 bits per heavy atom. The van der Waals surface area contributed by atoms with Gasteiger partial charge in [0.1, 0.15) is 5.82 Å². The number of imidazole rings is 1. The van der Waals surface area contributed by atoms with Crippen LogP contribution in [0.25, 0.3) is 11.0 Å². The van der Waals surface area contributed by atoms with E-state index in [0.29, 0.717) is 16.9 Å². The molecular formula is C17H18ClN5OS. The van der Waals surface area contributed by atoms with E-state index in [1.807, 2.05) is 26.7 Å². The molecule has 130 valence electrons. The number of hydrogen-bond donors (Lipinski definition) is 1. The zero-order valence-corrected chi connectivity index (χ0v) is 15.1. The highest BCUT2D eigenvalue weighted by Gasteiger charge is 2.18. The van der Waals surface area contributed by atoms with Gasteiger partial charge in [0, 0.05) is 23.7 Å². The third-order valence-electron chi connectivity index (χ3n) is 4.49. The number of fused-ring (bicyclic) bond motifs is 1. The Labute approximate surface area is 154 Å². The molecule has 0 atom stereocenters. The third kappa shape index (κ3) is 3.34. The Hall–Kier alpha value is -2.12. The van der Waals surface area contributed by atoms with Gasteiger partial charge in [-0.05, 0) is 18.9 Å². The number of aromatic nitrogens is 4. The molecule has 1 amide bonds. The van der Waals surface area contributed by atoms with Gasteiger partial charge in [-0.3, -0.25) is 9.20 Å². The van der Waals surface area contributed by atoms with E-state index >= 15 is 0 Å². The van der Waals surface area contributed by atoms with Gasteiger partial charge in [-0.1, -0.05) is 30.9 Å². The molecule has 8 heteroatoms. The van der Waals surface area contributed by atoms with Gasteiger partial charge in [-0.25, -0.2) is 9.67 Å². The van der Waals surface area contributed by atoms with E-state index in [4.69, 9.17) is 11.6 Å². The number of carbonyl (C=O) groups is 1. The van der Waals surface area contributed by atoms with Crippen LogP contribution in [0.15, 0.2) is 29.9 Å². The predicted octanol–water partition coefficient (Wildman–Crippen LogP) is 4.40. The van der Waals surface area contributed by atoms with Crippen molar-refractivity contribution in [1.82, 2.24) is 19.2 Å². The molecule has 25 heavy (non-hydrogen) atoms. The summed E-state index contributed by atoms with van der Waals surface area (Å²) in [5.74, 6) is 0.528. The Kier molecular flexibility index (Phi) is 4.59. The topological polar surface area (TPSA) is 64.2 Å². The molecule has 0 saturated heterocycles. The van der Waals surface area contributed by atoms with Crippen LogP contribution in [0.2, 0.25) is 5.15 Å². The van der Waals surface area contributed by atoms with Gasteiger partial charge < -0.3 is 5.32 Å². The van der Waals surface area contributed by atoms with E-state index in [-0.39, 0.29) is 5.91 Å². The monoisotopic (exact) mass is 375 g/mol. The number of carbonyl (C=O) groups excluding carboxylic acids is 1. The summed E-state index contributed by atoms with van der Waals surface area (Å²) in [4.78, 5) is 17.4. The number of amides is 1. The second kappa shape index (κ2) is 7.01. The van der Waals surface area contributed by atoms with Crippen molar-refractivity contribution < 1.29 is 4.79 Å². The zero-order valence-electron chi connectivity index (χ0n) is 13.6. The van der Waals surface area contributed by atoms with Gasteiger partial charge >= 0.3 is 0 Å². The normalized spacial score (nSPS) is 16.0. The fourth-order valence-corrected chi connectivity index (χ4v) is 4.28. The molecule has 3 aromatic rings. The molecule has 1 saturated carbocycles. The third-order valence-corrected chi connectivity index (χ3v) is 5.52. The van der Waals surface area contributed by atoms with Gasteiger partial charge in [0.05, 0.1) is 17.9 Å². The molecule has 0 radical (unpaired) electrons. The minimum Gasteiger partial charge on any atom is -0.307 e. The van der Waals surface area contributed by atoms with E-state index in [0.717, 1.165) is 23.6 Å². The van der Waals surface area contributed by atoms with Crippen molar-refractivity contribution in [1.29, 1.82) is 0 Å². The Morgan fingerprint density at radius 2 is 2.20 bits per heavy atom. The van der Waals surface area contributed by atoms with Gasteiger partial charge in [0.2, 0.25) is 5.91 Å². The molecule has 0 aromatic carbocycles. The largest absolute Gasteiger partial charge is 0.307 e. The van der Waals surface area contributed by atoms with E-state index in [9.17, 15) is 4.79 Å². The molecular weight excluding hydrogens is 358 g/mol. The van der Waals surface area contributed by atoms with E-state index < -0.39 is 0 Å². The number of nitrogens with one attached hydrogen (secondary N) is 1. The van der Waals surface area contributed by atoms with Crippen LogP contribution in [0, 0.1) is 0 Å². The number of nitrogens with zero attached hydrogens (tertiary/aromatic N) is 4. The summed E-state index contributed by atoms with van der Waals surface area (Å²) < 4.78 is 3.80. The van der Waals surface area contributed by atoms with Crippen molar-refractivity contribution in [3.8, 4) is 0 Å². The number of anilines is 1. The van der Waals surface area contributed by atoms with Crippen LogP contribution in [0.4, 0.5) is 5.82 Å². The van der Waals surface area contributed by atoms with Gasteiger partial charge in [0.15, 0.2) is 10.1 Å². The summed E-state index contributed by atoms with van der Waals surface area (Å²) in [5, 5.41) is 9.63. The lowest BCUT2D eigenvalue weighted by Crippen LogP contribution is -2.19. The van der Waals surface area contributed by atoms with Crippen molar-refractivity contribution in [3.63, 3.8) is 0 Å². The van der Waals surface area contributed by atoms with Crippen molar-refractivity contribution in [3.05, 3.63) is 40.8 Å². The van der Waals surface area contributed by atoms with Crippen LogP contribution in [-0.4, -0.2) is 25.1 Å². The zero-order chi connectivity index (χ0) is 17.2. The standard InChI is InChI=1S/C17H18ClN5OS/c18-16-13(22-10-11-25-17(22)21-16)6-7-15(24)20-14-8-9-19-23(14)12-4-2-1-3-5-12/h6-12H,1-5H2,(H,20,24)/b7-6+. The molecule has 0 unspecified atom stereocenters. The summed E-state index contributed by atoms with van der Waals surface area (Å²) in [6, 6.07) is 2.21. The van der Waals surface area contributed by atoms with Gasteiger partial charge in [0.25, 0.3) is 0 Å². The minimum absolute atomic E-state index is 0.209. The summed E-state index contributed by atoms with van der Waals surface area (Å²) >= 11 is 7.64. The fraction of sp³-hybridized carbons (Fsp3) is 0.353. The second-order valence-corrected chi connectivity index (χ2v) is 7.35. The lowest BCUT2D eigenvalue weighted by Gasteiger charge is -2.23. The second-order valence-electron chi connectivity index (χ2n) is 6.12. The smallest absolute Gasteiger partial charge is 0.249 e. The first-order chi connectivity index (χ1) is 12.2. The van der Waals surface area contributed by atoms with Crippen molar-refractivity contribution in [2.24, 2.45) is 0 Å². The van der Waals surface area contributed by atoms with Gasteiger partial charge in [-0.15, -0.1) is 11.3 Å². The molecule has 1 N–H and O–H groups in total. The Balaban J connectivity index is 1.48. The Morgan fingerprint density at radius 1 is 1.36 bits per heavy atom. The molecule has 3 heterocycles. The van der Waals surface area contributed by atoms with Crippen LogP contribution < -0.4 is 5.32 Å². The average Bonchev–Trinajstić information content (AvgIpc) is 3.31. The lowest BCUT2D eigenvalue weighted by molar-refractivity contribution is -0.111. The number of rotatable bonds is 4. The first kappa shape index (κ1) is 16.4. The highest BCUT2D eigenvalue weighted by molar-refractivity contribution is 7.15. The molecule has 1 aliphatic rings. The number of thiazole rings is 1. The van der Waals surface area contributed by atoms with Crippen LogP contribution >= 0.6 is 22.9 Å². The lowest BCUT2D eigenvalue weighted by atomic mass is 9.96. The molecule has 3 aromatic heterocycles. The average molecular weight is 376 g/mol. The summed E-state index contributed by atoms with van der Waals surface area (Å²) in [6.45, 7) is 0. The number of halogens is 1. The van der Waals surface area contributed by atoms with E-state index in [1.54, 1.807) is 12.3 Å². The molecule has 4 rings (SSSR count). The van der Waals surface area contributed by atoms with Crippen molar-refractivity contribution in [2.75, 3.05) is 5.32 Å². The van der Waals surface area contributed by atoms with Crippen molar-refractivity contribution >= 4 is 45.7 Å². The number of hydrogen-bond acceptors (Lipinski definition) is 4. The SMILES string of the molecule is O=C(/C=C/c1c(Cl)nc2sccn12)Nc1ccnn1C1CCCCC1. The highest BCUT2D eigenvalue weighted by atomic mass is 35.5. The first-order valence-electron chi connectivity index (χ1n) is 8.36. The van der Waals surface area contributed by atoms with Crippen LogP contribution in [0.1, 0.15) is 43.8 Å². The molecule has 6 nitrogen and oxygen atoms in total. The predicted molar refractivity (Wildman–Crippen MR) is 100 cm³/mol. The molecule has 1 fully saturated rings. The first-order valence-corrected chi connectivity index (χ1v) is 9.62. The van der Waals surface area contributed by atoms with Crippen molar-refractivity contribution in [2.45, 2.75) is 38.1 Å². The van der Waals surface area contributed by atoms with Gasteiger partial charge in [-0.2, -0.15) is 5.10 Å². The fourth-order valence-electron chi connectivity index (χ4n) is 3.28. The summed E-state index contributed by atoms with van der Waals surface area (Å²) in [7, 11) is 0. The highest BCUT2D eigenvalue weighted by Crippen LogP contribution is 2.30. The molecule has 0 aliphatic heterocycles. The van der Waals surface area contributed by atoms with Crippen LogP contribution in [0.3, 0.4) is 0 Å². The maximum atomic E-state index is 12.3. The quantitative estimate of drug-likeness (QED) is 0.687. The maximum absolute atomic E-state index is 12.3. The molecule has 0 bridgehead atoms. The van der Waals surface area contributed by atoms with Crippen LogP contribution in [0.5, 0.6) is 0 Å². The van der Waals surface area contributed by atoms with Crippen LogP contribution in [-0.2, 0) is 4.79 Å². The van der Waals surface area contributed by atoms with E-state index in [2.05, 4.69) is 15.4 Å². The summed E-state index contributed by atoms with van der Waals surface area (Å²) in [6.07, 6.45) is 12.7. The van der Waals surface area contributed by atoms with E-state index in [1.165, 1.54) is 36.7 Å².